The van der Waals surface area contributed by atoms with Gasteiger partial charge in [0.05, 0.1) is 23.3 Å². The first-order chi connectivity index (χ1) is 15.1. The maximum Gasteiger partial charge on any atom is 0.417 e. The molecule has 0 saturated heterocycles. The third kappa shape index (κ3) is 5.02. The summed E-state index contributed by atoms with van der Waals surface area (Å²) >= 11 is 0. The maximum absolute atomic E-state index is 13.6. The molecule has 3 rings (SSSR count). The van der Waals surface area contributed by atoms with E-state index < -0.39 is 39.1 Å². The minimum atomic E-state index is -4.91. The second-order valence-corrected chi connectivity index (χ2v) is 8.42. The van der Waals surface area contributed by atoms with Crippen LogP contribution in [0.15, 0.2) is 83.8 Å². The number of rotatable bonds is 7. The molecule has 0 unspecified atom stereocenters. The number of alkyl halides is 3. The van der Waals surface area contributed by atoms with Crippen LogP contribution in [0.5, 0.6) is 5.75 Å². The van der Waals surface area contributed by atoms with Gasteiger partial charge in [-0.15, -0.1) is 0 Å². The van der Waals surface area contributed by atoms with Crippen LogP contribution in [0.25, 0.3) is 0 Å². The largest absolute Gasteiger partial charge is 0.495 e. The summed E-state index contributed by atoms with van der Waals surface area (Å²) in [5.41, 5.74) is -0.996. The van der Waals surface area contributed by atoms with Gasteiger partial charge in [0.1, 0.15) is 12.3 Å². The van der Waals surface area contributed by atoms with Crippen LogP contribution >= 0.6 is 0 Å². The van der Waals surface area contributed by atoms with Gasteiger partial charge in [-0.2, -0.15) is 13.2 Å². The first-order valence-corrected chi connectivity index (χ1v) is 10.8. The molecule has 1 amide bonds. The highest BCUT2D eigenvalue weighted by molar-refractivity contribution is 7.93. The normalized spacial score (nSPS) is 11.6. The Balaban J connectivity index is 2.10. The Hall–Kier alpha value is -3.53. The highest BCUT2D eigenvalue weighted by atomic mass is 32.2. The van der Waals surface area contributed by atoms with Crippen LogP contribution in [-0.2, 0) is 21.0 Å². The van der Waals surface area contributed by atoms with Crippen LogP contribution in [0.3, 0.4) is 0 Å². The average Bonchev–Trinajstić information content (AvgIpc) is 2.77. The van der Waals surface area contributed by atoms with Gasteiger partial charge in [-0.3, -0.25) is 9.10 Å². The van der Waals surface area contributed by atoms with E-state index >= 15 is 0 Å². The zero-order valence-electron chi connectivity index (χ0n) is 16.8. The molecular formula is C22H19F3N2O4S. The summed E-state index contributed by atoms with van der Waals surface area (Å²) in [5, 5.41) is 2.54. The van der Waals surface area contributed by atoms with E-state index in [2.05, 4.69) is 5.32 Å². The Morgan fingerprint density at radius 2 is 1.53 bits per heavy atom. The zero-order valence-corrected chi connectivity index (χ0v) is 17.7. The molecule has 0 bridgehead atoms. The standard InChI is InChI=1S/C22H19F3N2O4S/c1-31-19-13-7-6-12-18(19)27(15-21(28)26-16-9-3-2-4-10-16)32(29,30)20-14-8-5-11-17(20)22(23,24)25/h2-14H,15H2,1H3,(H,26,28). The molecule has 10 heteroatoms. The molecular weight excluding hydrogens is 445 g/mol. The molecule has 0 heterocycles. The van der Waals surface area contributed by atoms with Gasteiger partial charge in [0.25, 0.3) is 10.0 Å². The van der Waals surface area contributed by atoms with Crippen molar-refractivity contribution >= 4 is 27.3 Å². The molecule has 0 fully saturated rings. The van der Waals surface area contributed by atoms with E-state index in [1.807, 2.05) is 0 Å². The van der Waals surface area contributed by atoms with Crippen molar-refractivity contribution in [3.63, 3.8) is 0 Å². The number of amides is 1. The number of halogens is 3. The van der Waals surface area contributed by atoms with Gasteiger partial charge in [-0.05, 0) is 36.4 Å². The van der Waals surface area contributed by atoms with E-state index in [-0.39, 0.29) is 11.4 Å². The number of anilines is 2. The van der Waals surface area contributed by atoms with E-state index in [0.29, 0.717) is 16.1 Å². The van der Waals surface area contributed by atoms with Crippen molar-refractivity contribution in [2.75, 3.05) is 23.3 Å². The number of para-hydroxylation sites is 3. The fraction of sp³-hybridized carbons (Fsp3) is 0.136. The Labute approximate surface area is 183 Å². The van der Waals surface area contributed by atoms with Crippen molar-refractivity contribution in [3.8, 4) is 5.75 Å². The quantitative estimate of drug-likeness (QED) is 0.557. The Bertz CT molecular complexity index is 1200. The predicted molar refractivity (Wildman–Crippen MR) is 114 cm³/mol. The van der Waals surface area contributed by atoms with Crippen molar-refractivity contribution in [1.29, 1.82) is 0 Å². The van der Waals surface area contributed by atoms with Crippen LogP contribution in [0.2, 0.25) is 0 Å². The lowest BCUT2D eigenvalue weighted by atomic mass is 10.2. The summed E-state index contributed by atoms with van der Waals surface area (Å²) in [6, 6.07) is 17.9. The van der Waals surface area contributed by atoms with Crippen LogP contribution in [-0.4, -0.2) is 28.0 Å². The molecule has 3 aromatic carbocycles. The first kappa shape index (κ1) is 23.1. The summed E-state index contributed by atoms with van der Waals surface area (Å²) in [4.78, 5) is 11.7. The smallest absolute Gasteiger partial charge is 0.417 e. The summed E-state index contributed by atoms with van der Waals surface area (Å²) in [7, 11) is -3.53. The number of nitrogens with one attached hydrogen (secondary N) is 1. The Kier molecular flexibility index (Phi) is 6.73. The van der Waals surface area contributed by atoms with Crippen molar-refractivity contribution in [1.82, 2.24) is 0 Å². The van der Waals surface area contributed by atoms with E-state index in [0.717, 1.165) is 12.1 Å². The number of hydrogen-bond donors (Lipinski definition) is 1. The van der Waals surface area contributed by atoms with Crippen molar-refractivity contribution in [3.05, 3.63) is 84.4 Å². The van der Waals surface area contributed by atoms with Gasteiger partial charge in [-0.1, -0.05) is 42.5 Å². The average molecular weight is 464 g/mol. The lowest BCUT2D eigenvalue weighted by molar-refractivity contribution is -0.139. The SMILES string of the molecule is COc1ccccc1N(CC(=O)Nc1ccccc1)S(=O)(=O)c1ccccc1C(F)(F)F. The van der Waals surface area contributed by atoms with Crippen molar-refractivity contribution in [2.45, 2.75) is 11.1 Å². The second kappa shape index (κ2) is 9.31. The van der Waals surface area contributed by atoms with E-state index in [1.54, 1.807) is 36.4 Å². The van der Waals surface area contributed by atoms with Gasteiger partial charge in [0, 0.05) is 5.69 Å². The van der Waals surface area contributed by atoms with Gasteiger partial charge in [0.15, 0.2) is 0 Å². The number of methoxy groups -OCH3 is 1. The molecule has 0 aliphatic heterocycles. The molecule has 0 atom stereocenters. The monoisotopic (exact) mass is 464 g/mol. The van der Waals surface area contributed by atoms with E-state index in [4.69, 9.17) is 4.74 Å². The van der Waals surface area contributed by atoms with Crippen molar-refractivity contribution in [2.24, 2.45) is 0 Å². The van der Waals surface area contributed by atoms with Gasteiger partial charge >= 0.3 is 6.18 Å². The molecule has 6 nitrogen and oxygen atoms in total. The van der Waals surface area contributed by atoms with Crippen molar-refractivity contribution < 1.29 is 31.1 Å². The fourth-order valence-corrected chi connectivity index (χ4v) is 4.68. The first-order valence-electron chi connectivity index (χ1n) is 9.31. The highest BCUT2D eigenvalue weighted by Gasteiger charge is 2.40. The number of nitrogens with zero attached hydrogens (tertiary/aromatic N) is 1. The Morgan fingerprint density at radius 3 is 2.19 bits per heavy atom. The highest BCUT2D eigenvalue weighted by Crippen LogP contribution is 2.38. The fourth-order valence-electron chi connectivity index (χ4n) is 3.03. The maximum atomic E-state index is 13.6. The number of hydrogen-bond acceptors (Lipinski definition) is 4. The molecule has 0 aliphatic rings. The summed E-state index contributed by atoms with van der Waals surface area (Å²) in [6.45, 7) is -0.774. The molecule has 0 aromatic heterocycles. The lowest BCUT2D eigenvalue weighted by Gasteiger charge is -2.26. The second-order valence-electron chi connectivity index (χ2n) is 6.59. The zero-order chi connectivity index (χ0) is 23.4. The molecule has 0 aliphatic carbocycles. The topological polar surface area (TPSA) is 75.7 Å². The van der Waals surface area contributed by atoms with Gasteiger partial charge < -0.3 is 10.1 Å². The van der Waals surface area contributed by atoms with Gasteiger partial charge in [-0.25, -0.2) is 8.42 Å². The molecule has 32 heavy (non-hydrogen) atoms. The van der Waals surface area contributed by atoms with Crippen LogP contribution in [0, 0.1) is 0 Å². The van der Waals surface area contributed by atoms with Gasteiger partial charge in [0.2, 0.25) is 5.91 Å². The number of benzene rings is 3. The van der Waals surface area contributed by atoms with Crippen LogP contribution in [0.4, 0.5) is 24.5 Å². The summed E-state index contributed by atoms with van der Waals surface area (Å²) in [5.74, 6) is -0.664. The number of ether oxygens (including phenoxy) is 1. The molecule has 3 aromatic rings. The van der Waals surface area contributed by atoms with E-state index in [9.17, 15) is 26.4 Å². The van der Waals surface area contributed by atoms with Crippen LogP contribution in [0.1, 0.15) is 5.56 Å². The summed E-state index contributed by atoms with van der Waals surface area (Å²) in [6.07, 6.45) is -4.91. The number of carbonyl (C=O) groups is 1. The van der Waals surface area contributed by atoms with Crippen LogP contribution < -0.4 is 14.4 Å². The minimum Gasteiger partial charge on any atom is -0.495 e. The third-order valence-electron chi connectivity index (χ3n) is 4.46. The molecule has 1 N–H and O–H groups in total. The predicted octanol–water partition coefficient (Wildman–Crippen LogP) is 4.55. The minimum absolute atomic E-state index is 0.0739. The lowest BCUT2D eigenvalue weighted by Crippen LogP contribution is -2.39. The molecule has 0 saturated carbocycles. The molecule has 0 radical (unpaired) electrons. The molecule has 168 valence electrons. The third-order valence-corrected chi connectivity index (χ3v) is 6.28. The number of carbonyl (C=O) groups excluding carboxylic acids is 1. The number of sulfonamides is 1. The van der Waals surface area contributed by atoms with E-state index in [1.165, 1.54) is 31.4 Å². The Morgan fingerprint density at radius 1 is 0.938 bits per heavy atom. The summed E-state index contributed by atoms with van der Waals surface area (Å²) < 4.78 is 73.4. The molecule has 0 spiro atoms.